The maximum Gasteiger partial charge on any atom is 0.227 e. The second kappa shape index (κ2) is 7.11. The summed E-state index contributed by atoms with van der Waals surface area (Å²) in [5.74, 6) is 2.35. The molecule has 1 fully saturated rings. The lowest BCUT2D eigenvalue weighted by Gasteiger charge is -2.18. The molecular formula is C15H21IN4O. The van der Waals surface area contributed by atoms with E-state index in [0.29, 0.717) is 0 Å². The van der Waals surface area contributed by atoms with Crippen molar-refractivity contribution in [2.75, 3.05) is 37.5 Å². The normalized spacial score (nSPS) is 15.2. The van der Waals surface area contributed by atoms with Crippen LogP contribution in [0.4, 0.5) is 11.8 Å². The number of hydrogen-bond donors (Lipinski definition) is 1. The van der Waals surface area contributed by atoms with Crippen LogP contribution in [-0.2, 0) is 4.74 Å². The fourth-order valence-electron chi connectivity index (χ4n) is 2.37. The monoisotopic (exact) mass is 400 g/mol. The van der Waals surface area contributed by atoms with Gasteiger partial charge in [-0.05, 0) is 48.4 Å². The third kappa shape index (κ3) is 3.66. The molecule has 0 atom stereocenters. The van der Waals surface area contributed by atoms with Crippen molar-refractivity contribution < 1.29 is 4.74 Å². The molecule has 1 aromatic heterocycles. The Hall–Kier alpha value is -1.31. The number of anilines is 2. The van der Waals surface area contributed by atoms with Gasteiger partial charge < -0.3 is 15.0 Å². The van der Waals surface area contributed by atoms with E-state index >= 15 is 0 Å². The van der Waals surface area contributed by atoms with Gasteiger partial charge in [0.25, 0.3) is 0 Å². The predicted octanol–water partition coefficient (Wildman–Crippen LogP) is 3.36. The number of allylic oxidation sites excluding steroid dienone is 1. The quantitative estimate of drug-likeness (QED) is 0.467. The topological polar surface area (TPSA) is 50.3 Å². The summed E-state index contributed by atoms with van der Waals surface area (Å²) in [7, 11) is 3.52. The van der Waals surface area contributed by atoms with Crippen molar-refractivity contribution >= 4 is 40.4 Å². The summed E-state index contributed by atoms with van der Waals surface area (Å²) in [6.07, 6.45) is 4.35. The molecule has 0 radical (unpaired) electrons. The zero-order valence-corrected chi connectivity index (χ0v) is 14.9. The first-order valence-corrected chi connectivity index (χ1v) is 8.06. The van der Waals surface area contributed by atoms with Crippen LogP contribution in [0.5, 0.6) is 0 Å². The number of methoxy groups -OCH3 is 1. The number of ether oxygens (including phenoxy) is 1. The molecule has 0 saturated carbocycles. The Morgan fingerprint density at radius 1 is 1.38 bits per heavy atom. The standard InChI is InChI=1S/C15H21IN4O/c1-10(16)13(21-4)9-12-11(2)18-15(19-14(12)17-3)20-7-5-6-8-20/h9H,1,5-8H2,2-4H3,(H,17,18,19)/b13-9+. The fourth-order valence-corrected chi connectivity index (χ4v) is 2.74. The van der Waals surface area contributed by atoms with Crippen LogP contribution in [0.3, 0.4) is 0 Å². The first-order chi connectivity index (χ1) is 10.1. The molecule has 2 heterocycles. The van der Waals surface area contributed by atoms with Crippen molar-refractivity contribution in [1.29, 1.82) is 0 Å². The Morgan fingerprint density at radius 2 is 2.05 bits per heavy atom. The summed E-state index contributed by atoms with van der Waals surface area (Å²) in [6.45, 7) is 7.98. The van der Waals surface area contributed by atoms with E-state index in [2.05, 4.69) is 49.4 Å². The molecule has 1 aliphatic heterocycles. The molecule has 6 heteroatoms. The number of halogens is 1. The molecule has 0 aromatic carbocycles. The van der Waals surface area contributed by atoms with Gasteiger partial charge in [-0.1, -0.05) is 6.58 Å². The van der Waals surface area contributed by atoms with E-state index in [9.17, 15) is 0 Å². The maximum atomic E-state index is 5.36. The first-order valence-electron chi connectivity index (χ1n) is 6.98. The minimum absolute atomic E-state index is 0.729. The van der Waals surface area contributed by atoms with E-state index in [1.165, 1.54) is 12.8 Å². The van der Waals surface area contributed by atoms with Gasteiger partial charge in [-0.2, -0.15) is 4.98 Å². The number of aryl methyl sites for hydroxylation is 1. The second-order valence-electron chi connectivity index (χ2n) is 4.93. The maximum absolute atomic E-state index is 5.36. The van der Waals surface area contributed by atoms with Crippen LogP contribution >= 0.6 is 22.6 Å². The van der Waals surface area contributed by atoms with Crippen LogP contribution in [0.1, 0.15) is 24.1 Å². The average molecular weight is 400 g/mol. The van der Waals surface area contributed by atoms with Crippen LogP contribution in [-0.4, -0.2) is 37.2 Å². The second-order valence-corrected chi connectivity index (χ2v) is 6.24. The van der Waals surface area contributed by atoms with Gasteiger partial charge in [0.05, 0.1) is 12.8 Å². The Morgan fingerprint density at radius 3 is 2.57 bits per heavy atom. The van der Waals surface area contributed by atoms with Crippen molar-refractivity contribution in [3.05, 3.63) is 27.2 Å². The molecule has 114 valence electrons. The summed E-state index contributed by atoms with van der Waals surface area (Å²) >= 11 is 2.15. The lowest BCUT2D eigenvalue weighted by molar-refractivity contribution is 0.310. The summed E-state index contributed by atoms with van der Waals surface area (Å²) in [5.41, 5.74) is 1.87. The van der Waals surface area contributed by atoms with E-state index in [4.69, 9.17) is 4.74 Å². The van der Waals surface area contributed by atoms with Gasteiger partial charge in [-0.3, -0.25) is 0 Å². The molecule has 1 aromatic rings. The highest BCUT2D eigenvalue weighted by atomic mass is 127. The molecule has 1 aliphatic rings. The lowest BCUT2D eigenvalue weighted by Crippen LogP contribution is -2.21. The van der Waals surface area contributed by atoms with E-state index in [-0.39, 0.29) is 0 Å². The SMILES string of the molecule is C=C(I)/C(=C\c1c(C)nc(N2CCCC2)nc1NC)OC. The molecule has 0 spiro atoms. The van der Waals surface area contributed by atoms with Crippen molar-refractivity contribution in [3.8, 4) is 0 Å². The van der Waals surface area contributed by atoms with Crippen LogP contribution < -0.4 is 10.2 Å². The van der Waals surface area contributed by atoms with Crippen molar-refractivity contribution in [3.63, 3.8) is 0 Å². The summed E-state index contributed by atoms with van der Waals surface area (Å²) in [4.78, 5) is 11.5. The van der Waals surface area contributed by atoms with E-state index < -0.39 is 0 Å². The predicted molar refractivity (Wildman–Crippen MR) is 95.9 cm³/mol. The molecular weight excluding hydrogens is 379 g/mol. The number of aromatic nitrogens is 2. The smallest absolute Gasteiger partial charge is 0.227 e. The van der Waals surface area contributed by atoms with Crippen molar-refractivity contribution in [2.45, 2.75) is 19.8 Å². The molecule has 21 heavy (non-hydrogen) atoms. The first kappa shape index (κ1) is 16.1. The molecule has 2 rings (SSSR count). The molecule has 0 unspecified atom stereocenters. The lowest BCUT2D eigenvalue weighted by atomic mass is 10.2. The van der Waals surface area contributed by atoms with Crippen molar-refractivity contribution in [1.82, 2.24) is 9.97 Å². The van der Waals surface area contributed by atoms with Crippen molar-refractivity contribution in [2.24, 2.45) is 0 Å². The van der Waals surface area contributed by atoms with Gasteiger partial charge in [0, 0.05) is 29.3 Å². The zero-order valence-electron chi connectivity index (χ0n) is 12.7. The molecule has 5 nitrogen and oxygen atoms in total. The van der Waals surface area contributed by atoms with Crippen LogP contribution in [0.15, 0.2) is 15.9 Å². The Labute approximate surface area is 139 Å². The summed E-state index contributed by atoms with van der Waals surface area (Å²) in [5, 5.41) is 3.16. The fraction of sp³-hybridized carbons (Fsp3) is 0.467. The minimum Gasteiger partial charge on any atom is -0.496 e. The van der Waals surface area contributed by atoms with Gasteiger partial charge in [0.15, 0.2) is 0 Å². The van der Waals surface area contributed by atoms with Gasteiger partial charge >= 0.3 is 0 Å². The van der Waals surface area contributed by atoms with E-state index in [1.54, 1.807) is 7.11 Å². The molecule has 0 aliphatic carbocycles. The van der Waals surface area contributed by atoms with Gasteiger partial charge in [-0.15, -0.1) is 0 Å². The summed E-state index contributed by atoms with van der Waals surface area (Å²) < 4.78 is 6.21. The molecule has 0 amide bonds. The number of nitrogens with one attached hydrogen (secondary N) is 1. The Bertz CT molecular complexity index is 565. The number of hydrogen-bond acceptors (Lipinski definition) is 5. The zero-order chi connectivity index (χ0) is 15.4. The highest BCUT2D eigenvalue weighted by Crippen LogP contribution is 2.27. The van der Waals surface area contributed by atoms with E-state index in [1.807, 2.05) is 20.0 Å². The van der Waals surface area contributed by atoms with Crippen LogP contribution in [0.25, 0.3) is 6.08 Å². The minimum atomic E-state index is 0.729. The average Bonchev–Trinajstić information content (AvgIpc) is 2.99. The summed E-state index contributed by atoms with van der Waals surface area (Å²) in [6, 6.07) is 0. The van der Waals surface area contributed by atoms with Gasteiger partial charge in [0.1, 0.15) is 11.6 Å². The van der Waals surface area contributed by atoms with Crippen LogP contribution in [0, 0.1) is 6.92 Å². The third-order valence-corrected chi connectivity index (χ3v) is 4.04. The molecule has 1 saturated heterocycles. The largest absolute Gasteiger partial charge is 0.496 e. The van der Waals surface area contributed by atoms with Gasteiger partial charge in [0.2, 0.25) is 5.95 Å². The van der Waals surface area contributed by atoms with Gasteiger partial charge in [-0.25, -0.2) is 4.98 Å². The number of rotatable bonds is 5. The highest BCUT2D eigenvalue weighted by molar-refractivity contribution is 14.1. The third-order valence-electron chi connectivity index (χ3n) is 3.51. The molecule has 1 N–H and O–H groups in total. The highest BCUT2D eigenvalue weighted by Gasteiger charge is 2.18. The van der Waals surface area contributed by atoms with Crippen LogP contribution in [0.2, 0.25) is 0 Å². The number of nitrogens with zero attached hydrogens (tertiary/aromatic N) is 3. The van der Waals surface area contributed by atoms with E-state index in [0.717, 1.165) is 45.5 Å². The Kier molecular flexibility index (Phi) is 5.44. The Balaban J connectivity index is 2.44. The molecule has 0 bridgehead atoms.